The van der Waals surface area contributed by atoms with E-state index >= 15 is 0 Å². The van der Waals surface area contributed by atoms with Gasteiger partial charge in [-0.1, -0.05) is 25.7 Å². The van der Waals surface area contributed by atoms with Gasteiger partial charge in [-0.15, -0.1) is 0 Å². The number of carbonyl (C=O) groups excluding carboxylic acids is 1. The van der Waals surface area contributed by atoms with E-state index in [4.69, 9.17) is 5.73 Å². The number of amides is 2. The van der Waals surface area contributed by atoms with Crippen LogP contribution < -0.4 is 11.1 Å². The lowest BCUT2D eigenvalue weighted by Gasteiger charge is -2.18. The number of primary amides is 1. The van der Waals surface area contributed by atoms with E-state index in [9.17, 15) is 4.79 Å². The fourth-order valence-corrected chi connectivity index (χ4v) is 1.44. The third-order valence-electron chi connectivity index (χ3n) is 2.21. The Kier molecular flexibility index (Phi) is 10.8. The van der Waals surface area contributed by atoms with Gasteiger partial charge in [0.1, 0.15) is 0 Å². The molecule has 0 saturated carbocycles. The Morgan fingerprint density at radius 1 is 1.44 bits per heavy atom. The number of allylic oxidation sites excluding steroid dienone is 3. The van der Waals surface area contributed by atoms with E-state index in [0.717, 1.165) is 25.9 Å². The Balaban J connectivity index is 3.83. The van der Waals surface area contributed by atoms with Crippen molar-refractivity contribution in [2.24, 2.45) is 10.7 Å². The second-order valence-corrected chi connectivity index (χ2v) is 3.86. The zero-order chi connectivity index (χ0) is 13.6. The molecule has 0 fully saturated rings. The van der Waals surface area contributed by atoms with Crippen LogP contribution in [0.1, 0.15) is 19.8 Å². The third kappa shape index (κ3) is 10.9. The molecule has 0 saturated heterocycles. The summed E-state index contributed by atoms with van der Waals surface area (Å²) in [4.78, 5) is 17.0. The Hall–Kier alpha value is -1.62. The molecule has 0 aromatic rings. The van der Waals surface area contributed by atoms with Crippen LogP contribution >= 0.6 is 0 Å². The molecule has 0 heterocycles. The molecule has 0 aliphatic rings. The standard InChI is InChI=1S/C13H24N4O/c1-3-5-6-8-15-12-17(10-4-2)11-7-9-16-13(14)18/h3,5-6,8H,1,4,7,9-12H2,2H3,(H3,14,16,18)/b6-5-,15-8-. The molecule has 0 bridgehead atoms. The van der Waals surface area contributed by atoms with Gasteiger partial charge in [-0.2, -0.15) is 0 Å². The summed E-state index contributed by atoms with van der Waals surface area (Å²) in [5, 5.41) is 2.58. The van der Waals surface area contributed by atoms with Crippen LogP contribution in [0, 0.1) is 0 Å². The van der Waals surface area contributed by atoms with Crippen molar-refractivity contribution in [1.29, 1.82) is 0 Å². The van der Waals surface area contributed by atoms with Gasteiger partial charge in [0.2, 0.25) is 0 Å². The lowest BCUT2D eigenvalue weighted by atomic mass is 10.3. The van der Waals surface area contributed by atoms with Gasteiger partial charge in [-0.25, -0.2) is 4.79 Å². The van der Waals surface area contributed by atoms with Crippen LogP contribution in [0.3, 0.4) is 0 Å². The number of nitrogens with two attached hydrogens (primary N) is 1. The highest BCUT2D eigenvalue weighted by atomic mass is 16.2. The molecule has 0 aliphatic heterocycles. The molecule has 0 aliphatic carbocycles. The quantitative estimate of drug-likeness (QED) is 0.351. The van der Waals surface area contributed by atoms with Crippen LogP contribution in [0.2, 0.25) is 0 Å². The topological polar surface area (TPSA) is 70.7 Å². The summed E-state index contributed by atoms with van der Waals surface area (Å²) in [7, 11) is 0. The summed E-state index contributed by atoms with van der Waals surface area (Å²) in [5.74, 6) is 0. The Labute approximate surface area is 109 Å². The van der Waals surface area contributed by atoms with E-state index in [1.165, 1.54) is 0 Å². The molecule has 18 heavy (non-hydrogen) atoms. The van der Waals surface area contributed by atoms with Crippen LogP contribution in [0.15, 0.2) is 29.8 Å². The normalized spacial score (nSPS) is 11.4. The largest absolute Gasteiger partial charge is 0.352 e. The number of carbonyl (C=O) groups is 1. The minimum Gasteiger partial charge on any atom is -0.352 e. The first kappa shape index (κ1) is 16.4. The number of nitrogens with zero attached hydrogens (tertiary/aromatic N) is 2. The first-order chi connectivity index (χ1) is 8.70. The second kappa shape index (κ2) is 11.9. The molecular weight excluding hydrogens is 228 g/mol. The predicted octanol–water partition coefficient (Wildman–Crippen LogP) is 1.53. The van der Waals surface area contributed by atoms with Crippen molar-refractivity contribution in [3.63, 3.8) is 0 Å². The summed E-state index contributed by atoms with van der Waals surface area (Å²) < 4.78 is 0. The van der Waals surface area contributed by atoms with Gasteiger partial charge < -0.3 is 11.1 Å². The molecular formula is C13H24N4O. The molecule has 3 N–H and O–H groups in total. The molecule has 5 nitrogen and oxygen atoms in total. The predicted molar refractivity (Wildman–Crippen MR) is 76.8 cm³/mol. The molecule has 0 atom stereocenters. The first-order valence-corrected chi connectivity index (χ1v) is 6.23. The molecule has 0 radical (unpaired) electrons. The van der Waals surface area contributed by atoms with Crippen molar-refractivity contribution in [2.75, 3.05) is 26.3 Å². The lowest BCUT2D eigenvalue weighted by Crippen LogP contribution is -2.33. The molecule has 5 heteroatoms. The van der Waals surface area contributed by atoms with Crippen LogP contribution in [0.25, 0.3) is 0 Å². The van der Waals surface area contributed by atoms with E-state index in [2.05, 4.69) is 28.7 Å². The van der Waals surface area contributed by atoms with E-state index in [1.54, 1.807) is 12.3 Å². The molecule has 2 amide bonds. The van der Waals surface area contributed by atoms with E-state index in [-0.39, 0.29) is 0 Å². The second-order valence-electron chi connectivity index (χ2n) is 3.86. The number of nitrogens with one attached hydrogen (secondary N) is 1. The van der Waals surface area contributed by atoms with Crippen molar-refractivity contribution in [3.05, 3.63) is 24.8 Å². The Bertz CT molecular complexity index is 287. The van der Waals surface area contributed by atoms with Crippen LogP contribution in [-0.2, 0) is 0 Å². The Morgan fingerprint density at radius 2 is 2.22 bits per heavy atom. The monoisotopic (exact) mass is 252 g/mol. The fraction of sp³-hybridized carbons (Fsp3) is 0.538. The number of urea groups is 1. The summed E-state index contributed by atoms with van der Waals surface area (Å²) in [6.45, 7) is 8.90. The van der Waals surface area contributed by atoms with Crippen LogP contribution in [-0.4, -0.2) is 43.4 Å². The number of rotatable bonds is 10. The highest BCUT2D eigenvalue weighted by Gasteiger charge is 2.01. The summed E-state index contributed by atoms with van der Waals surface area (Å²) in [6, 6.07) is -0.468. The van der Waals surface area contributed by atoms with E-state index in [1.807, 2.05) is 12.2 Å². The average molecular weight is 252 g/mol. The first-order valence-electron chi connectivity index (χ1n) is 6.23. The zero-order valence-electron chi connectivity index (χ0n) is 11.1. The number of hydrogen-bond donors (Lipinski definition) is 2. The highest BCUT2D eigenvalue weighted by molar-refractivity contribution is 5.71. The molecule has 0 unspecified atom stereocenters. The highest BCUT2D eigenvalue weighted by Crippen LogP contribution is 1.94. The third-order valence-corrected chi connectivity index (χ3v) is 2.21. The van der Waals surface area contributed by atoms with Gasteiger partial charge in [-0.3, -0.25) is 9.89 Å². The molecule has 0 aromatic carbocycles. The SMILES string of the molecule is C=C/C=C\C=N/CN(CCC)CCCNC(N)=O. The van der Waals surface area contributed by atoms with Gasteiger partial charge in [0.25, 0.3) is 0 Å². The van der Waals surface area contributed by atoms with Crippen molar-refractivity contribution < 1.29 is 4.79 Å². The van der Waals surface area contributed by atoms with E-state index in [0.29, 0.717) is 13.2 Å². The van der Waals surface area contributed by atoms with Crippen molar-refractivity contribution in [1.82, 2.24) is 10.2 Å². The van der Waals surface area contributed by atoms with Crippen LogP contribution in [0.4, 0.5) is 4.79 Å². The summed E-state index contributed by atoms with van der Waals surface area (Å²) >= 11 is 0. The minimum absolute atomic E-state index is 0.468. The maximum atomic E-state index is 10.5. The van der Waals surface area contributed by atoms with Crippen molar-refractivity contribution in [3.8, 4) is 0 Å². The molecule has 102 valence electrons. The molecule has 0 aromatic heterocycles. The van der Waals surface area contributed by atoms with Gasteiger partial charge in [0.05, 0.1) is 6.67 Å². The van der Waals surface area contributed by atoms with Crippen molar-refractivity contribution in [2.45, 2.75) is 19.8 Å². The summed E-state index contributed by atoms with van der Waals surface area (Å²) in [5.41, 5.74) is 4.99. The molecule has 0 rings (SSSR count). The Morgan fingerprint density at radius 3 is 2.83 bits per heavy atom. The summed E-state index contributed by atoms with van der Waals surface area (Å²) in [6.07, 6.45) is 9.13. The van der Waals surface area contributed by atoms with Crippen LogP contribution in [0.5, 0.6) is 0 Å². The smallest absolute Gasteiger partial charge is 0.312 e. The number of hydrogen-bond acceptors (Lipinski definition) is 3. The van der Waals surface area contributed by atoms with Gasteiger partial charge in [0.15, 0.2) is 0 Å². The maximum Gasteiger partial charge on any atom is 0.312 e. The minimum atomic E-state index is -0.468. The van der Waals surface area contributed by atoms with Crippen molar-refractivity contribution >= 4 is 12.2 Å². The lowest BCUT2D eigenvalue weighted by molar-refractivity contribution is 0.246. The average Bonchev–Trinajstić information content (AvgIpc) is 2.33. The van der Waals surface area contributed by atoms with Gasteiger partial charge in [0, 0.05) is 19.3 Å². The van der Waals surface area contributed by atoms with Gasteiger partial charge >= 0.3 is 6.03 Å². The van der Waals surface area contributed by atoms with Gasteiger partial charge in [-0.05, 0) is 25.5 Å². The zero-order valence-corrected chi connectivity index (χ0v) is 11.1. The van der Waals surface area contributed by atoms with E-state index < -0.39 is 6.03 Å². The maximum absolute atomic E-state index is 10.5. The fourth-order valence-electron chi connectivity index (χ4n) is 1.44. The molecule has 0 spiro atoms. The number of aliphatic imine (C=N–C) groups is 1.